The third-order valence-corrected chi connectivity index (χ3v) is 4.27. The average molecular weight is 282 g/mol. The van der Waals surface area contributed by atoms with Gasteiger partial charge in [0.25, 0.3) is 5.91 Å². The second-order valence-corrected chi connectivity index (χ2v) is 5.67. The van der Waals surface area contributed by atoms with Crippen LogP contribution in [0.25, 0.3) is 0 Å². The van der Waals surface area contributed by atoms with Crippen molar-refractivity contribution in [2.24, 2.45) is 0 Å². The maximum Gasteiger partial charge on any atom is 0.279 e. The highest BCUT2D eigenvalue weighted by molar-refractivity contribution is 7.14. The maximum absolute atomic E-state index is 11.8. The number of aryl methyl sites for hydroxylation is 2. The van der Waals surface area contributed by atoms with Crippen LogP contribution in [0.3, 0.4) is 0 Å². The number of hydrogen-bond donors (Lipinski definition) is 2. The van der Waals surface area contributed by atoms with Crippen LogP contribution in [0.4, 0.5) is 0 Å². The lowest BCUT2D eigenvalue weighted by Crippen LogP contribution is -2.41. The monoisotopic (exact) mass is 282 g/mol. The molecule has 0 saturated carbocycles. The smallest absolute Gasteiger partial charge is 0.273 e. The molecular formula is C14H22N2O2S. The predicted octanol–water partition coefficient (Wildman–Crippen LogP) is 2.96. The van der Waals surface area contributed by atoms with E-state index in [9.17, 15) is 9.59 Å². The Labute approximate surface area is 118 Å². The molecule has 2 N–H and O–H groups in total. The molecule has 0 aromatic carbocycles. The highest BCUT2D eigenvalue weighted by Gasteiger charge is 2.12. The molecule has 5 heteroatoms. The van der Waals surface area contributed by atoms with E-state index in [0.717, 1.165) is 31.2 Å². The van der Waals surface area contributed by atoms with Crippen LogP contribution >= 0.6 is 11.3 Å². The number of hydrazine groups is 1. The van der Waals surface area contributed by atoms with Gasteiger partial charge in [-0.05, 0) is 31.4 Å². The minimum Gasteiger partial charge on any atom is -0.273 e. The number of hydrogen-bond acceptors (Lipinski definition) is 3. The van der Waals surface area contributed by atoms with E-state index in [0.29, 0.717) is 11.3 Å². The first-order valence-corrected chi connectivity index (χ1v) is 7.58. The zero-order valence-electron chi connectivity index (χ0n) is 11.8. The van der Waals surface area contributed by atoms with Gasteiger partial charge in [0.15, 0.2) is 0 Å². The van der Waals surface area contributed by atoms with Crippen LogP contribution in [0.15, 0.2) is 6.07 Å². The number of carbonyl (C=O) groups excluding carboxylic acids is 2. The van der Waals surface area contributed by atoms with Gasteiger partial charge in [-0.25, -0.2) is 0 Å². The third kappa shape index (κ3) is 5.03. The number of nitrogens with one attached hydrogen (secondary N) is 2. The molecule has 0 radical (unpaired) electrons. The number of rotatable bonds is 6. The largest absolute Gasteiger partial charge is 0.279 e. The quantitative estimate of drug-likeness (QED) is 0.622. The Morgan fingerprint density at radius 1 is 1.21 bits per heavy atom. The summed E-state index contributed by atoms with van der Waals surface area (Å²) in [6.07, 6.45) is 4.35. The van der Waals surface area contributed by atoms with E-state index in [1.807, 2.05) is 13.0 Å². The van der Waals surface area contributed by atoms with E-state index < -0.39 is 0 Å². The van der Waals surface area contributed by atoms with Crippen LogP contribution in [0.5, 0.6) is 0 Å². The van der Waals surface area contributed by atoms with Crippen molar-refractivity contribution in [3.63, 3.8) is 0 Å². The molecule has 0 saturated heterocycles. The first kappa shape index (κ1) is 15.7. The topological polar surface area (TPSA) is 58.2 Å². The molecule has 0 bridgehead atoms. The second-order valence-electron chi connectivity index (χ2n) is 4.53. The predicted molar refractivity (Wildman–Crippen MR) is 78.2 cm³/mol. The van der Waals surface area contributed by atoms with Gasteiger partial charge in [-0.3, -0.25) is 20.4 Å². The normalized spacial score (nSPS) is 10.3. The lowest BCUT2D eigenvalue weighted by atomic mass is 10.2. The number of thiophene rings is 1. The summed E-state index contributed by atoms with van der Waals surface area (Å²) in [4.78, 5) is 25.2. The zero-order valence-corrected chi connectivity index (χ0v) is 12.7. The minimum absolute atomic E-state index is 0.134. The Kier molecular flexibility index (Phi) is 6.56. The van der Waals surface area contributed by atoms with E-state index in [1.54, 1.807) is 0 Å². The molecule has 1 aromatic rings. The Morgan fingerprint density at radius 2 is 1.95 bits per heavy atom. The van der Waals surface area contributed by atoms with Crippen molar-refractivity contribution in [2.75, 3.05) is 0 Å². The molecule has 0 fully saturated rings. The Bertz CT molecular complexity index is 441. The van der Waals surface area contributed by atoms with Gasteiger partial charge in [-0.1, -0.05) is 26.7 Å². The summed E-state index contributed by atoms with van der Waals surface area (Å²) in [5.74, 6) is -0.373. The van der Waals surface area contributed by atoms with Crippen LogP contribution in [0.1, 0.15) is 59.6 Å². The lowest BCUT2D eigenvalue weighted by molar-refractivity contribution is -0.121. The van der Waals surface area contributed by atoms with Gasteiger partial charge in [0.05, 0.1) is 4.88 Å². The van der Waals surface area contributed by atoms with Crippen LogP contribution in [0.2, 0.25) is 0 Å². The van der Waals surface area contributed by atoms with Crippen molar-refractivity contribution in [1.29, 1.82) is 0 Å². The Hall–Kier alpha value is -1.36. The van der Waals surface area contributed by atoms with Crippen molar-refractivity contribution in [1.82, 2.24) is 10.9 Å². The summed E-state index contributed by atoms with van der Waals surface area (Å²) in [6, 6.07) is 1.86. The third-order valence-electron chi connectivity index (χ3n) is 2.89. The van der Waals surface area contributed by atoms with E-state index in [4.69, 9.17) is 0 Å². The lowest BCUT2D eigenvalue weighted by Gasteiger charge is -2.05. The fourth-order valence-electron chi connectivity index (χ4n) is 1.77. The Morgan fingerprint density at radius 3 is 2.53 bits per heavy atom. The number of amides is 2. The minimum atomic E-state index is -0.239. The zero-order chi connectivity index (χ0) is 14.3. The van der Waals surface area contributed by atoms with Crippen LogP contribution in [-0.2, 0) is 11.2 Å². The van der Waals surface area contributed by atoms with Crippen molar-refractivity contribution in [2.45, 2.75) is 52.9 Å². The molecule has 1 aromatic heterocycles. The first-order chi connectivity index (χ1) is 9.08. The van der Waals surface area contributed by atoms with Crippen LogP contribution in [-0.4, -0.2) is 11.8 Å². The molecule has 0 atom stereocenters. The van der Waals surface area contributed by atoms with Gasteiger partial charge in [-0.15, -0.1) is 11.3 Å². The fraction of sp³-hybridized carbons (Fsp3) is 0.571. The molecule has 4 nitrogen and oxygen atoms in total. The van der Waals surface area contributed by atoms with Crippen molar-refractivity contribution in [3.05, 3.63) is 21.4 Å². The first-order valence-electron chi connectivity index (χ1n) is 6.77. The highest BCUT2D eigenvalue weighted by atomic mass is 32.1. The van der Waals surface area contributed by atoms with Crippen molar-refractivity contribution < 1.29 is 9.59 Å². The molecule has 0 aliphatic carbocycles. The molecule has 2 amide bonds. The molecule has 0 spiro atoms. The number of carbonyl (C=O) groups is 2. The molecular weight excluding hydrogens is 260 g/mol. The van der Waals surface area contributed by atoms with E-state index in [-0.39, 0.29) is 11.8 Å². The summed E-state index contributed by atoms with van der Waals surface area (Å²) in [7, 11) is 0. The molecule has 1 heterocycles. The number of unbranched alkanes of at least 4 members (excludes halogenated alkanes) is 2. The fourth-order valence-corrected chi connectivity index (χ4v) is 2.78. The summed E-state index contributed by atoms with van der Waals surface area (Å²) in [5, 5.41) is 0. The molecule has 0 aliphatic rings. The maximum atomic E-state index is 11.8. The summed E-state index contributed by atoms with van der Waals surface area (Å²) < 4.78 is 0. The Balaban J connectivity index is 2.40. The van der Waals surface area contributed by atoms with E-state index >= 15 is 0 Å². The summed E-state index contributed by atoms with van der Waals surface area (Å²) >= 11 is 1.48. The van der Waals surface area contributed by atoms with Gasteiger partial charge < -0.3 is 0 Å². The highest BCUT2D eigenvalue weighted by Crippen LogP contribution is 2.21. The summed E-state index contributed by atoms with van der Waals surface area (Å²) in [5.41, 5.74) is 6.05. The summed E-state index contributed by atoms with van der Waals surface area (Å²) in [6.45, 7) is 6.15. The van der Waals surface area contributed by atoms with Gasteiger partial charge >= 0.3 is 0 Å². The van der Waals surface area contributed by atoms with E-state index in [1.165, 1.54) is 16.2 Å². The van der Waals surface area contributed by atoms with Gasteiger partial charge in [-0.2, -0.15) is 0 Å². The molecule has 1 rings (SSSR count). The molecule has 19 heavy (non-hydrogen) atoms. The van der Waals surface area contributed by atoms with Gasteiger partial charge in [0, 0.05) is 11.3 Å². The molecule has 0 unspecified atom stereocenters. The average Bonchev–Trinajstić information content (AvgIpc) is 2.77. The molecule has 0 aliphatic heterocycles. The SMILES string of the molecule is CCCCCC(=O)NNC(=O)c1cc(C)c(CC)s1. The van der Waals surface area contributed by atoms with Crippen molar-refractivity contribution in [3.8, 4) is 0 Å². The standard InChI is InChI=1S/C14H22N2O2S/c1-4-6-7-8-13(17)15-16-14(18)12-9-10(3)11(5-2)19-12/h9H,4-8H2,1-3H3,(H,15,17)(H,16,18). The van der Waals surface area contributed by atoms with Crippen LogP contribution in [0, 0.1) is 6.92 Å². The van der Waals surface area contributed by atoms with Crippen molar-refractivity contribution >= 4 is 23.2 Å². The molecule has 106 valence electrons. The van der Waals surface area contributed by atoms with Gasteiger partial charge in [0.2, 0.25) is 5.91 Å². The second kappa shape index (κ2) is 7.94. The van der Waals surface area contributed by atoms with Crippen LogP contribution < -0.4 is 10.9 Å². The van der Waals surface area contributed by atoms with E-state index in [2.05, 4.69) is 24.7 Å². The van der Waals surface area contributed by atoms with Gasteiger partial charge in [0.1, 0.15) is 0 Å².